The van der Waals surface area contributed by atoms with Gasteiger partial charge in [0.25, 0.3) is 0 Å². The van der Waals surface area contributed by atoms with Crippen molar-refractivity contribution in [1.29, 1.82) is 0 Å². The molecule has 234 valence electrons. The summed E-state index contributed by atoms with van der Waals surface area (Å²) in [7, 11) is 0. The molecule has 2 saturated heterocycles. The van der Waals surface area contributed by atoms with E-state index in [2.05, 4.69) is 14.8 Å². The van der Waals surface area contributed by atoms with Crippen molar-refractivity contribution in [1.82, 2.24) is 9.88 Å². The van der Waals surface area contributed by atoms with Crippen LogP contribution >= 0.6 is 0 Å². The molecule has 2 fully saturated rings. The fraction of sp³-hybridized carbons (Fsp3) is 0.538. The SMILES string of the molecule is CCOC(=O)[C@]12CCCN(Cc3ccc(C)o3)C[C@H]1CN(c1ccccn1)C2.O=C(O)C(F)(F)F.O=C(O)C(F)(F)F. The molecule has 4 heterocycles. The number of esters is 1. The number of halogens is 6. The number of furan rings is 1. The van der Waals surface area contributed by atoms with Gasteiger partial charge in [0, 0.05) is 31.7 Å². The molecular formula is C26H31F6N3O7. The minimum absolute atomic E-state index is 0.0471. The number of anilines is 1. The summed E-state index contributed by atoms with van der Waals surface area (Å²) in [5.74, 6) is -2.48. The van der Waals surface area contributed by atoms with Crippen molar-refractivity contribution in [3.05, 3.63) is 48.0 Å². The molecule has 0 spiro atoms. The summed E-state index contributed by atoms with van der Waals surface area (Å²) in [5.41, 5.74) is -0.457. The fourth-order valence-electron chi connectivity index (χ4n) is 4.77. The normalized spacial score (nSPS) is 20.7. The molecule has 0 radical (unpaired) electrons. The first-order valence-corrected chi connectivity index (χ1v) is 12.7. The van der Waals surface area contributed by atoms with E-state index in [1.54, 1.807) is 0 Å². The van der Waals surface area contributed by atoms with E-state index >= 15 is 0 Å². The predicted molar refractivity (Wildman–Crippen MR) is 134 cm³/mol. The van der Waals surface area contributed by atoms with Crippen molar-refractivity contribution in [2.75, 3.05) is 37.7 Å². The number of aliphatic carboxylic acids is 2. The van der Waals surface area contributed by atoms with Crippen LogP contribution in [0.5, 0.6) is 0 Å². The van der Waals surface area contributed by atoms with Gasteiger partial charge in [-0.25, -0.2) is 14.6 Å². The van der Waals surface area contributed by atoms with E-state index in [1.807, 2.05) is 50.4 Å². The second-order valence-corrected chi connectivity index (χ2v) is 9.60. The van der Waals surface area contributed by atoms with Gasteiger partial charge in [0.1, 0.15) is 17.3 Å². The van der Waals surface area contributed by atoms with Crippen LogP contribution in [0.3, 0.4) is 0 Å². The smallest absolute Gasteiger partial charge is 0.475 e. The third-order valence-corrected chi connectivity index (χ3v) is 6.59. The lowest BCUT2D eigenvalue weighted by Crippen LogP contribution is -2.42. The van der Waals surface area contributed by atoms with Crippen LogP contribution < -0.4 is 4.90 Å². The highest BCUT2D eigenvalue weighted by Gasteiger charge is 2.54. The number of carboxylic acid groups (broad SMARTS) is 2. The number of alkyl halides is 6. The highest BCUT2D eigenvalue weighted by molar-refractivity contribution is 5.79. The molecule has 42 heavy (non-hydrogen) atoms. The lowest BCUT2D eigenvalue weighted by atomic mass is 9.75. The Kier molecular flexibility index (Phi) is 11.8. The predicted octanol–water partition coefficient (Wildman–Crippen LogP) is 4.53. The van der Waals surface area contributed by atoms with Crippen LogP contribution in [0.15, 0.2) is 40.9 Å². The summed E-state index contributed by atoms with van der Waals surface area (Å²) in [5, 5.41) is 14.2. The molecule has 0 aromatic carbocycles. The van der Waals surface area contributed by atoms with E-state index in [4.69, 9.17) is 29.0 Å². The molecule has 0 bridgehead atoms. The molecule has 2 aliphatic rings. The molecular weight excluding hydrogens is 580 g/mol. The number of likely N-dealkylation sites (tertiary alicyclic amines) is 1. The molecule has 2 atom stereocenters. The quantitative estimate of drug-likeness (QED) is 0.367. The van der Waals surface area contributed by atoms with E-state index < -0.39 is 29.7 Å². The third kappa shape index (κ3) is 9.63. The van der Waals surface area contributed by atoms with Crippen LogP contribution in [0, 0.1) is 18.3 Å². The average molecular weight is 612 g/mol. The summed E-state index contributed by atoms with van der Waals surface area (Å²) in [6.07, 6.45) is -6.52. The van der Waals surface area contributed by atoms with Crippen LogP contribution in [0.2, 0.25) is 0 Å². The number of nitrogens with zero attached hydrogens (tertiary/aromatic N) is 3. The van der Waals surface area contributed by atoms with Crippen LogP contribution in [0.4, 0.5) is 32.2 Å². The van der Waals surface area contributed by atoms with Gasteiger partial charge in [-0.2, -0.15) is 26.3 Å². The Labute approximate surface area is 236 Å². The summed E-state index contributed by atoms with van der Waals surface area (Å²) in [6.45, 7) is 8.41. The van der Waals surface area contributed by atoms with E-state index in [0.29, 0.717) is 13.2 Å². The fourth-order valence-corrected chi connectivity index (χ4v) is 4.77. The van der Waals surface area contributed by atoms with Crippen molar-refractivity contribution >= 4 is 23.7 Å². The highest BCUT2D eigenvalue weighted by Crippen LogP contribution is 2.45. The van der Waals surface area contributed by atoms with Crippen molar-refractivity contribution in [3.63, 3.8) is 0 Å². The number of aromatic nitrogens is 1. The number of aryl methyl sites for hydroxylation is 1. The largest absolute Gasteiger partial charge is 0.490 e. The van der Waals surface area contributed by atoms with Crippen LogP contribution in [-0.2, 0) is 25.7 Å². The molecule has 2 N–H and O–H groups in total. The maximum absolute atomic E-state index is 13.1. The lowest BCUT2D eigenvalue weighted by Gasteiger charge is -2.31. The molecule has 0 saturated carbocycles. The van der Waals surface area contributed by atoms with E-state index in [0.717, 1.165) is 56.4 Å². The number of hydrogen-bond donors (Lipinski definition) is 2. The zero-order valence-corrected chi connectivity index (χ0v) is 22.7. The van der Waals surface area contributed by atoms with Gasteiger partial charge < -0.3 is 24.3 Å². The Morgan fingerprint density at radius 3 is 2.14 bits per heavy atom. The number of carboxylic acids is 2. The first-order chi connectivity index (χ1) is 19.5. The van der Waals surface area contributed by atoms with Gasteiger partial charge in [0.05, 0.1) is 18.6 Å². The Morgan fingerprint density at radius 2 is 1.67 bits per heavy atom. The van der Waals surface area contributed by atoms with Crippen molar-refractivity contribution < 1.29 is 60.1 Å². The molecule has 0 amide bonds. The number of fused-ring (bicyclic) bond motifs is 1. The summed E-state index contributed by atoms with van der Waals surface area (Å²) in [6, 6.07) is 10.0. The highest BCUT2D eigenvalue weighted by atomic mass is 19.4. The Balaban J connectivity index is 0.000000367. The van der Waals surface area contributed by atoms with Gasteiger partial charge in [-0.3, -0.25) is 9.69 Å². The lowest BCUT2D eigenvalue weighted by molar-refractivity contribution is -0.193. The Hall–Kier alpha value is -3.82. The first-order valence-electron chi connectivity index (χ1n) is 12.7. The number of carbonyl (C=O) groups excluding carboxylic acids is 1. The van der Waals surface area contributed by atoms with Gasteiger partial charge >= 0.3 is 30.3 Å². The van der Waals surface area contributed by atoms with E-state index in [-0.39, 0.29) is 11.9 Å². The maximum atomic E-state index is 13.1. The standard InChI is InChI=1S/C22H29N3O3.2C2HF3O2/c1-3-27-21(26)22-10-6-12-24(15-19-9-8-17(2)28-19)13-18(22)14-25(16-22)20-7-4-5-11-23-20;2*3-2(4,5)1(6)7/h4-5,7-9,11,18H,3,6,10,12-16H2,1-2H3;2*(H,6,7)/t18-,22-;;/m0../s1. The second-order valence-electron chi connectivity index (χ2n) is 9.60. The van der Waals surface area contributed by atoms with Gasteiger partial charge in [0.15, 0.2) is 0 Å². The Bertz CT molecular complexity index is 1170. The molecule has 0 aliphatic carbocycles. The van der Waals surface area contributed by atoms with Gasteiger partial charge in [-0.05, 0) is 57.5 Å². The number of rotatable bonds is 5. The molecule has 10 nitrogen and oxygen atoms in total. The summed E-state index contributed by atoms with van der Waals surface area (Å²) >= 11 is 0. The molecule has 0 unspecified atom stereocenters. The van der Waals surface area contributed by atoms with Crippen molar-refractivity contribution in [3.8, 4) is 0 Å². The zero-order valence-electron chi connectivity index (χ0n) is 22.7. The van der Waals surface area contributed by atoms with Gasteiger partial charge in [-0.15, -0.1) is 0 Å². The minimum atomic E-state index is -5.08. The number of pyridine rings is 1. The average Bonchev–Trinajstić information content (AvgIpc) is 3.43. The second kappa shape index (κ2) is 14.4. The molecule has 2 aromatic heterocycles. The van der Waals surface area contributed by atoms with Gasteiger partial charge in [-0.1, -0.05) is 6.07 Å². The van der Waals surface area contributed by atoms with Crippen molar-refractivity contribution in [2.45, 2.75) is 45.6 Å². The Morgan fingerprint density at radius 1 is 1.05 bits per heavy atom. The topological polar surface area (TPSA) is 133 Å². The number of carbonyl (C=O) groups is 3. The first kappa shape index (κ1) is 34.4. The minimum Gasteiger partial charge on any atom is -0.475 e. The zero-order chi connectivity index (χ0) is 31.7. The van der Waals surface area contributed by atoms with Crippen LogP contribution in [0.25, 0.3) is 0 Å². The molecule has 2 aromatic rings. The van der Waals surface area contributed by atoms with Crippen LogP contribution in [0.1, 0.15) is 31.3 Å². The molecule has 2 aliphatic heterocycles. The van der Waals surface area contributed by atoms with Crippen molar-refractivity contribution in [2.24, 2.45) is 11.3 Å². The monoisotopic (exact) mass is 611 g/mol. The third-order valence-electron chi connectivity index (χ3n) is 6.59. The summed E-state index contributed by atoms with van der Waals surface area (Å²) in [4.78, 5) is 40.1. The molecule has 4 rings (SSSR count). The van der Waals surface area contributed by atoms with E-state index in [9.17, 15) is 31.1 Å². The van der Waals surface area contributed by atoms with Crippen LogP contribution in [-0.4, -0.2) is 83.1 Å². The van der Waals surface area contributed by atoms with Gasteiger partial charge in [0.2, 0.25) is 0 Å². The molecule has 16 heteroatoms. The van der Waals surface area contributed by atoms with E-state index in [1.165, 1.54) is 0 Å². The number of ether oxygens (including phenoxy) is 1. The summed E-state index contributed by atoms with van der Waals surface area (Å²) < 4.78 is 74.8. The maximum Gasteiger partial charge on any atom is 0.490 e. The number of hydrogen-bond acceptors (Lipinski definition) is 8.